The lowest BCUT2D eigenvalue weighted by atomic mass is 10.00. The molecule has 0 aromatic heterocycles. The molecule has 0 spiro atoms. The third-order valence-corrected chi connectivity index (χ3v) is 3.73. The molecule has 1 aliphatic heterocycles. The molecule has 2 atom stereocenters. The number of β-amino-alcohol motifs (C(OH)–C–C–N with tert-alkyl or cyclic N) is 1. The quantitative estimate of drug-likeness (QED) is 0.811. The van der Waals surface area contributed by atoms with E-state index in [1.54, 1.807) is 0 Å². The van der Waals surface area contributed by atoms with Gasteiger partial charge in [-0.15, -0.1) is 12.4 Å². The van der Waals surface area contributed by atoms with E-state index in [0.717, 1.165) is 32.0 Å². The van der Waals surface area contributed by atoms with Crippen LogP contribution >= 0.6 is 12.4 Å². The van der Waals surface area contributed by atoms with Gasteiger partial charge in [-0.1, -0.05) is 13.8 Å². The highest BCUT2D eigenvalue weighted by Gasteiger charge is 2.21. The van der Waals surface area contributed by atoms with Crippen molar-refractivity contribution in [2.24, 2.45) is 5.92 Å². The van der Waals surface area contributed by atoms with E-state index in [2.05, 4.69) is 32.6 Å². The predicted octanol–water partition coefficient (Wildman–Crippen LogP) is 2.71. The molecule has 1 rings (SSSR count). The monoisotopic (exact) mass is 279 g/mol. The number of ether oxygens (including phenoxy) is 1. The SMILES string of the molecule is CCC(C)(C)OCC(O)CN1CCCC(C)C1.Cl. The minimum atomic E-state index is -0.355. The molecule has 1 heterocycles. The number of aliphatic hydroxyl groups is 1. The first-order valence-electron chi connectivity index (χ1n) is 6.97. The average molecular weight is 280 g/mol. The molecule has 0 amide bonds. The summed E-state index contributed by atoms with van der Waals surface area (Å²) in [5, 5.41) is 9.98. The Morgan fingerprint density at radius 1 is 1.44 bits per heavy atom. The van der Waals surface area contributed by atoms with E-state index < -0.39 is 0 Å². The van der Waals surface area contributed by atoms with E-state index in [-0.39, 0.29) is 24.1 Å². The Bertz CT molecular complexity index is 224. The van der Waals surface area contributed by atoms with Gasteiger partial charge in [0.15, 0.2) is 0 Å². The fraction of sp³-hybridized carbons (Fsp3) is 1.00. The number of piperidine rings is 1. The van der Waals surface area contributed by atoms with Crippen molar-refractivity contribution in [3.8, 4) is 0 Å². The molecule has 1 aliphatic rings. The van der Waals surface area contributed by atoms with E-state index in [4.69, 9.17) is 4.74 Å². The first-order chi connectivity index (χ1) is 7.93. The van der Waals surface area contributed by atoms with E-state index in [0.29, 0.717) is 6.61 Å². The van der Waals surface area contributed by atoms with Crippen molar-refractivity contribution in [1.82, 2.24) is 4.90 Å². The van der Waals surface area contributed by atoms with Crippen molar-refractivity contribution >= 4 is 12.4 Å². The van der Waals surface area contributed by atoms with Crippen LogP contribution in [0.15, 0.2) is 0 Å². The lowest BCUT2D eigenvalue weighted by Gasteiger charge is -2.33. The number of hydrogen-bond donors (Lipinski definition) is 1. The number of nitrogens with zero attached hydrogens (tertiary/aromatic N) is 1. The molecule has 110 valence electrons. The van der Waals surface area contributed by atoms with Gasteiger partial charge in [-0.3, -0.25) is 0 Å². The Hall–Kier alpha value is 0.170. The zero-order chi connectivity index (χ0) is 12.9. The van der Waals surface area contributed by atoms with Gasteiger partial charge in [0.2, 0.25) is 0 Å². The van der Waals surface area contributed by atoms with Crippen molar-refractivity contribution < 1.29 is 9.84 Å². The smallest absolute Gasteiger partial charge is 0.0900 e. The summed E-state index contributed by atoms with van der Waals surface area (Å²) in [7, 11) is 0. The molecule has 1 fully saturated rings. The number of halogens is 1. The molecule has 2 unspecified atom stereocenters. The largest absolute Gasteiger partial charge is 0.389 e. The van der Waals surface area contributed by atoms with Crippen molar-refractivity contribution in [3.05, 3.63) is 0 Å². The molecule has 1 saturated heterocycles. The summed E-state index contributed by atoms with van der Waals surface area (Å²) in [6.45, 7) is 12.0. The van der Waals surface area contributed by atoms with Crippen LogP contribution < -0.4 is 0 Å². The highest BCUT2D eigenvalue weighted by Crippen LogP contribution is 2.17. The first kappa shape index (κ1) is 18.2. The topological polar surface area (TPSA) is 32.7 Å². The van der Waals surface area contributed by atoms with Gasteiger partial charge >= 0.3 is 0 Å². The van der Waals surface area contributed by atoms with E-state index >= 15 is 0 Å². The van der Waals surface area contributed by atoms with Crippen molar-refractivity contribution in [2.45, 2.75) is 58.7 Å². The first-order valence-corrected chi connectivity index (χ1v) is 6.97. The molecule has 4 heteroatoms. The van der Waals surface area contributed by atoms with Crippen molar-refractivity contribution in [1.29, 1.82) is 0 Å². The van der Waals surface area contributed by atoms with Crippen LogP contribution in [0.1, 0.15) is 47.0 Å². The fourth-order valence-electron chi connectivity index (χ4n) is 2.23. The highest BCUT2D eigenvalue weighted by molar-refractivity contribution is 5.85. The number of aliphatic hydroxyl groups excluding tert-OH is 1. The summed E-state index contributed by atoms with van der Waals surface area (Å²) >= 11 is 0. The summed E-state index contributed by atoms with van der Waals surface area (Å²) in [4.78, 5) is 2.36. The maximum absolute atomic E-state index is 9.98. The summed E-state index contributed by atoms with van der Waals surface area (Å²) < 4.78 is 5.73. The minimum absolute atomic E-state index is 0. The normalized spacial score (nSPS) is 23.5. The Morgan fingerprint density at radius 2 is 2.11 bits per heavy atom. The standard InChI is InChI=1S/C14H29NO2.ClH/c1-5-14(3,4)17-11-13(16)10-15-8-6-7-12(2)9-15;/h12-13,16H,5-11H2,1-4H3;1H. The van der Waals surface area contributed by atoms with Gasteiger partial charge in [-0.25, -0.2) is 0 Å². The summed E-state index contributed by atoms with van der Waals surface area (Å²) in [5.74, 6) is 0.768. The second kappa shape index (κ2) is 8.36. The minimum Gasteiger partial charge on any atom is -0.389 e. The summed E-state index contributed by atoms with van der Waals surface area (Å²) in [6.07, 6.45) is 3.20. The number of rotatable bonds is 6. The maximum Gasteiger partial charge on any atom is 0.0900 e. The predicted molar refractivity (Wildman–Crippen MR) is 78.4 cm³/mol. The van der Waals surface area contributed by atoms with Crippen LogP contribution in [0, 0.1) is 5.92 Å². The third kappa shape index (κ3) is 6.93. The van der Waals surface area contributed by atoms with Gasteiger partial charge in [-0.05, 0) is 45.6 Å². The van der Waals surface area contributed by atoms with E-state index in [9.17, 15) is 5.11 Å². The Labute approximate surface area is 118 Å². The van der Waals surface area contributed by atoms with Gasteiger partial charge in [0.05, 0.1) is 18.3 Å². The Balaban J connectivity index is 0.00000289. The molecular formula is C14H30ClNO2. The highest BCUT2D eigenvalue weighted by atomic mass is 35.5. The Morgan fingerprint density at radius 3 is 2.67 bits per heavy atom. The van der Waals surface area contributed by atoms with Crippen LogP contribution in [0.2, 0.25) is 0 Å². The van der Waals surface area contributed by atoms with E-state index in [1.165, 1.54) is 12.8 Å². The molecular weight excluding hydrogens is 250 g/mol. The molecule has 0 bridgehead atoms. The summed E-state index contributed by atoms with van der Waals surface area (Å²) in [6, 6.07) is 0. The van der Waals surface area contributed by atoms with Crippen LogP contribution in [0.25, 0.3) is 0 Å². The second-order valence-electron chi connectivity index (χ2n) is 6.09. The van der Waals surface area contributed by atoms with Gasteiger partial charge in [0.1, 0.15) is 0 Å². The summed E-state index contributed by atoms with van der Waals surface area (Å²) in [5.41, 5.74) is -0.115. The molecule has 18 heavy (non-hydrogen) atoms. The lowest BCUT2D eigenvalue weighted by Crippen LogP contribution is -2.41. The van der Waals surface area contributed by atoms with Crippen LogP contribution in [-0.2, 0) is 4.74 Å². The second-order valence-corrected chi connectivity index (χ2v) is 6.09. The fourth-order valence-corrected chi connectivity index (χ4v) is 2.23. The average Bonchev–Trinajstić information content (AvgIpc) is 2.27. The number of likely N-dealkylation sites (tertiary alicyclic amines) is 1. The van der Waals surface area contributed by atoms with Gasteiger partial charge in [0, 0.05) is 13.1 Å². The zero-order valence-electron chi connectivity index (χ0n) is 12.3. The van der Waals surface area contributed by atoms with Gasteiger partial charge < -0.3 is 14.7 Å². The molecule has 3 nitrogen and oxygen atoms in total. The third-order valence-electron chi connectivity index (χ3n) is 3.73. The lowest BCUT2D eigenvalue weighted by molar-refractivity contribution is -0.0689. The molecule has 0 radical (unpaired) electrons. The molecule has 0 aliphatic carbocycles. The molecule has 0 aromatic rings. The van der Waals surface area contributed by atoms with Crippen molar-refractivity contribution in [2.75, 3.05) is 26.2 Å². The molecule has 0 aromatic carbocycles. The van der Waals surface area contributed by atoms with Gasteiger partial charge in [-0.2, -0.15) is 0 Å². The number of hydrogen-bond acceptors (Lipinski definition) is 3. The van der Waals surface area contributed by atoms with Crippen LogP contribution in [0.4, 0.5) is 0 Å². The molecule has 1 N–H and O–H groups in total. The van der Waals surface area contributed by atoms with Crippen molar-refractivity contribution in [3.63, 3.8) is 0 Å². The van der Waals surface area contributed by atoms with Crippen LogP contribution in [-0.4, -0.2) is 48.0 Å². The van der Waals surface area contributed by atoms with Crippen LogP contribution in [0.3, 0.4) is 0 Å². The van der Waals surface area contributed by atoms with E-state index in [1.807, 2.05) is 0 Å². The van der Waals surface area contributed by atoms with Gasteiger partial charge in [0.25, 0.3) is 0 Å². The Kier molecular flexibility index (Phi) is 8.44. The zero-order valence-corrected chi connectivity index (χ0v) is 13.1. The maximum atomic E-state index is 9.98. The molecule has 0 saturated carbocycles. The van der Waals surface area contributed by atoms with Crippen LogP contribution in [0.5, 0.6) is 0 Å².